The standard InChI is InChI=1S/C18H34N2O2S/c1-18(2,3)22-17(21)19-12-13-8-7-10-14(13)20-15-9-5-6-11-16(15)23-4/h13-16,20H,5-12H2,1-4H3,(H,19,21). The molecule has 0 heterocycles. The Bertz CT molecular complexity index is 384. The van der Waals surface area contributed by atoms with Gasteiger partial charge in [0.2, 0.25) is 0 Å². The zero-order chi connectivity index (χ0) is 16.9. The number of amides is 1. The highest BCUT2D eigenvalue weighted by atomic mass is 32.2. The Morgan fingerprint density at radius 3 is 2.48 bits per heavy atom. The topological polar surface area (TPSA) is 50.4 Å². The molecule has 2 saturated carbocycles. The molecule has 0 radical (unpaired) electrons. The Hall–Kier alpha value is -0.420. The summed E-state index contributed by atoms with van der Waals surface area (Å²) in [5.74, 6) is 0.534. The van der Waals surface area contributed by atoms with Crippen LogP contribution in [0.5, 0.6) is 0 Å². The number of nitrogens with one attached hydrogen (secondary N) is 2. The molecule has 4 unspecified atom stereocenters. The third-order valence-electron chi connectivity index (χ3n) is 5.00. The number of ether oxygens (including phenoxy) is 1. The van der Waals surface area contributed by atoms with Gasteiger partial charge in [-0.1, -0.05) is 19.3 Å². The lowest BCUT2D eigenvalue weighted by molar-refractivity contribution is 0.0517. The Morgan fingerprint density at radius 1 is 1.09 bits per heavy atom. The largest absolute Gasteiger partial charge is 0.444 e. The third kappa shape index (κ3) is 6.18. The monoisotopic (exact) mass is 342 g/mol. The molecule has 23 heavy (non-hydrogen) atoms. The highest BCUT2D eigenvalue weighted by molar-refractivity contribution is 7.99. The fourth-order valence-corrected chi connectivity index (χ4v) is 4.82. The first kappa shape index (κ1) is 18.9. The van der Waals surface area contributed by atoms with E-state index in [-0.39, 0.29) is 6.09 Å². The molecule has 2 fully saturated rings. The van der Waals surface area contributed by atoms with Crippen LogP contribution in [0, 0.1) is 5.92 Å². The van der Waals surface area contributed by atoms with Gasteiger partial charge in [0, 0.05) is 23.9 Å². The zero-order valence-electron chi connectivity index (χ0n) is 15.2. The van der Waals surface area contributed by atoms with E-state index in [1.54, 1.807) is 0 Å². The summed E-state index contributed by atoms with van der Waals surface area (Å²) in [5, 5.41) is 7.65. The molecule has 0 aromatic rings. The van der Waals surface area contributed by atoms with Gasteiger partial charge in [-0.05, 0) is 58.6 Å². The number of rotatable bonds is 5. The van der Waals surface area contributed by atoms with Crippen LogP contribution >= 0.6 is 11.8 Å². The highest BCUT2D eigenvalue weighted by Gasteiger charge is 2.33. The molecule has 4 atom stereocenters. The SMILES string of the molecule is CSC1CCCCC1NC1CCCC1CNC(=O)OC(C)(C)C. The van der Waals surface area contributed by atoms with Crippen molar-refractivity contribution >= 4 is 17.9 Å². The van der Waals surface area contributed by atoms with E-state index >= 15 is 0 Å². The van der Waals surface area contributed by atoms with Gasteiger partial charge in [0.05, 0.1) is 0 Å². The van der Waals surface area contributed by atoms with E-state index in [1.807, 2.05) is 32.5 Å². The smallest absolute Gasteiger partial charge is 0.407 e. The Balaban J connectivity index is 1.79. The predicted octanol–water partition coefficient (Wildman–Crippen LogP) is 3.94. The van der Waals surface area contributed by atoms with Gasteiger partial charge in [-0.25, -0.2) is 4.79 Å². The van der Waals surface area contributed by atoms with Gasteiger partial charge in [0.1, 0.15) is 5.60 Å². The lowest BCUT2D eigenvalue weighted by Crippen LogP contribution is -2.49. The molecule has 2 aliphatic rings. The van der Waals surface area contributed by atoms with E-state index < -0.39 is 5.60 Å². The van der Waals surface area contributed by atoms with Gasteiger partial charge in [0.25, 0.3) is 0 Å². The van der Waals surface area contributed by atoms with Crippen LogP contribution in [0.3, 0.4) is 0 Å². The van der Waals surface area contributed by atoms with Crippen LogP contribution in [0.2, 0.25) is 0 Å². The van der Waals surface area contributed by atoms with Gasteiger partial charge >= 0.3 is 6.09 Å². The van der Waals surface area contributed by atoms with Crippen LogP contribution < -0.4 is 10.6 Å². The maximum absolute atomic E-state index is 11.9. The molecule has 0 aromatic carbocycles. The summed E-state index contributed by atoms with van der Waals surface area (Å²) >= 11 is 2.01. The first-order valence-corrected chi connectivity index (χ1v) is 10.4. The summed E-state index contributed by atoms with van der Waals surface area (Å²) in [4.78, 5) is 11.9. The Morgan fingerprint density at radius 2 is 1.78 bits per heavy atom. The fourth-order valence-electron chi connectivity index (χ4n) is 3.87. The maximum atomic E-state index is 11.9. The molecule has 4 nitrogen and oxygen atoms in total. The van der Waals surface area contributed by atoms with Crippen LogP contribution in [0.4, 0.5) is 4.79 Å². The normalized spacial score (nSPS) is 31.8. The summed E-state index contributed by atoms with van der Waals surface area (Å²) in [6.45, 7) is 6.43. The quantitative estimate of drug-likeness (QED) is 0.794. The highest BCUT2D eigenvalue weighted by Crippen LogP contribution is 2.31. The van der Waals surface area contributed by atoms with E-state index in [0.717, 1.165) is 11.8 Å². The fraction of sp³-hybridized carbons (Fsp3) is 0.944. The molecular weight excluding hydrogens is 308 g/mol. The van der Waals surface area contributed by atoms with Gasteiger partial charge in [-0.3, -0.25) is 0 Å². The molecule has 1 amide bonds. The molecule has 0 aromatic heterocycles. The lowest BCUT2D eigenvalue weighted by atomic mass is 9.92. The number of hydrogen-bond acceptors (Lipinski definition) is 4. The minimum absolute atomic E-state index is 0.289. The number of alkyl carbamates (subject to hydrolysis) is 1. The van der Waals surface area contributed by atoms with E-state index in [0.29, 0.717) is 18.0 Å². The minimum Gasteiger partial charge on any atom is -0.444 e. The van der Waals surface area contributed by atoms with Gasteiger partial charge in [0.15, 0.2) is 0 Å². The van der Waals surface area contributed by atoms with Crippen molar-refractivity contribution in [3.8, 4) is 0 Å². The zero-order valence-corrected chi connectivity index (χ0v) is 16.0. The minimum atomic E-state index is -0.426. The van der Waals surface area contributed by atoms with Crippen LogP contribution in [-0.4, -0.2) is 41.8 Å². The molecule has 2 aliphatic carbocycles. The Kier molecular flexibility index (Phi) is 7.08. The number of carbonyl (C=O) groups is 1. The lowest BCUT2D eigenvalue weighted by Gasteiger charge is -2.35. The van der Waals surface area contributed by atoms with E-state index in [4.69, 9.17) is 4.74 Å². The molecule has 2 rings (SSSR count). The predicted molar refractivity (Wildman–Crippen MR) is 98.1 cm³/mol. The van der Waals surface area contributed by atoms with E-state index in [1.165, 1.54) is 44.9 Å². The molecule has 134 valence electrons. The average Bonchev–Trinajstić information content (AvgIpc) is 2.91. The van der Waals surface area contributed by atoms with Crippen LogP contribution in [0.15, 0.2) is 0 Å². The average molecular weight is 343 g/mol. The van der Waals surface area contributed by atoms with Crippen molar-refractivity contribution in [2.45, 2.75) is 88.7 Å². The second kappa shape index (κ2) is 8.61. The maximum Gasteiger partial charge on any atom is 0.407 e. The van der Waals surface area contributed by atoms with E-state index in [9.17, 15) is 4.79 Å². The van der Waals surface area contributed by atoms with Gasteiger partial charge in [-0.2, -0.15) is 11.8 Å². The number of carbonyl (C=O) groups excluding carboxylic acids is 1. The first-order valence-electron chi connectivity index (χ1n) is 9.15. The second-order valence-electron chi connectivity index (χ2n) is 8.01. The molecule has 0 bridgehead atoms. The van der Waals surface area contributed by atoms with Crippen molar-refractivity contribution < 1.29 is 9.53 Å². The molecule has 5 heteroatoms. The summed E-state index contributed by atoms with van der Waals surface area (Å²) < 4.78 is 5.34. The summed E-state index contributed by atoms with van der Waals surface area (Å²) in [6, 6.07) is 1.19. The second-order valence-corrected chi connectivity index (χ2v) is 9.09. The molecule has 0 aliphatic heterocycles. The summed E-state index contributed by atoms with van der Waals surface area (Å²) in [5.41, 5.74) is -0.426. The third-order valence-corrected chi connectivity index (χ3v) is 6.17. The summed E-state index contributed by atoms with van der Waals surface area (Å²) in [7, 11) is 0. The van der Waals surface area contributed by atoms with Gasteiger partial charge in [-0.15, -0.1) is 0 Å². The van der Waals surface area contributed by atoms with Gasteiger partial charge < -0.3 is 15.4 Å². The number of hydrogen-bond donors (Lipinski definition) is 2. The van der Waals surface area contributed by atoms with E-state index in [2.05, 4.69) is 16.9 Å². The van der Waals surface area contributed by atoms with Crippen molar-refractivity contribution in [2.24, 2.45) is 5.92 Å². The molecule has 2 N–H and O–H groups in total. The van der Waals surface area contributed by atoms with Crippen molar-refractivity contribution in [3.63, 3.8) is 0 Å². The summed E-state index contributed by atoms with van der Waals surface area (Å²) in [6.07, 6.45) is 11.0. The van der Waals surface area contributed by atoms with Crippen molar-refractivity contribution in [3.05, 3.63) is 0 Å². The Labute approximate surface area is 145 Å². The van der Waals surface area contributed by atoms with Crippen molar-refractivity contribution in [2.75, 3.05) is 12.8 Å². The van der Waals surface area contributed by atoms with Crippen molar-refractivity contribution in [1.29, 1.82) is 0 Å². The molecule has 0 spiro atoms. The first-order chi connectivity index (χ1) is 10.9. The van der Waals surface area contributed by atoms with Crippen LogP contribution in [-0.2, 0) is 4.74 Å². The molecule has 0 saturated heterocycles. The van der Waals surface area contributed by atoms with Crippen LogP contribution in [0.25, 0.3) is 0 Å². The van der Waals surface area contributed by atoms with Crippen LogP contribution in [0.1, 0.15) is 65.7 Å². The molecular formula is C18H34N2O2S. The van der Waals surface area contributed by atoms with Crippen molar-refractivity contribution in [1.82, 2.24) is 10.6 Å². The number of thioether (sulfide) groups is 1.